The fourth-order valence-electron chi connectivity index (χ4n) is 2.16. The lowest BCUT2D eigenvalue weighted by molar-refractivity contribution is -0.384. The van der Waals surface area contributed by atoms with Crippen molar-refractivity contribution < 1.29 is 10.0 Å². The minimum absolute atomic E-state index is 0.122. The van der Waals surface area contributed by atoms with Gasteiger partial charge in [0.1, 0.15) is 0 Å². The summed E-state index contributed by atoms with van der Waals surface area (Å²) in [5.74, 6) is 0. The molecule has 2 rings (SSSR count). The quantitative estimate of drug-likeness (QED) is 0.628. The van der Waals surface area contributed by atoms with Crippen molar-refractivity contribution in [2.24, 2.45) is 0 Å². The number of aryl methyl sites for hydroxylation is 1. The van der Waals surface area contributed by atoms with Crippen LogP contribution in [0.15, 0.2) is 18.2 Å². The fraction of sp³-hybridized carbons (Fsp3) is 0.500. The topological polar surface area (TPSA) is 66.6 Å². The highest BCUT2D eigenvalue weighted by Gasteiger charge is 2.20. The summed E-state index contributed by atoms with van der Waals surface area (Å²) >= 11 is 0. The Morgan fingerprint density at radius 3 is 2.65 bits per heavy atom. The predicted molar refractivity (Wildman–Crippen MR) is 65.3 cm³/mol. The molecule has 5 nitrogen and oxygen atoms in total. The maximum atomic E-state index is 10.7. The van der Waals surface area contributed by atoms with E-state index in [2.05, 4.69) is 4.90 Å². The molecule has 17 heavy (non-hydrogen) atoms. The van der Waals surface area contributed by atoms with Crippen molar-refractivity contribution in [3.8, 4) is 0 Å². The summed E-state index contributed by atoms with van der Waals surface area (Å²) < 4.78 is 0. The Morgan fingerprint density at radius 1 is 1.41 bits per heavy atom. The van der Waals surface area contributed by atoms with E-state index in [1.54, 1.807) is 12.1 Å². The first-order chi connectivity index (χ1) is 8.08. The number of nitro groups is 1. The Kier molecular flexibility index (Phi) is 3.28. The van der Waals surface area contributed by atoms with Gasteiger partial charge in [-0.15, -0.1) is 0 Å². The second-order valence-electron chi connectivity index (χ2n) is 4.45. The lowest BCUT2D eigenvalue weighted by atomic mass is 10.1. The van der Waals surface area contributed by atoms with Crippen molar-refractivity contribution in [1.82, 2.24) is 0 Å². The van der Waals surface area contributed by atoms with Crippen molar-refractivity contribution in [3.63, 3.8) is 0 Å². The SMILES string of the molecule is Cc1ccc([N+](=O)[O-])cc1N1CCC(O)CC1. The van der Waals surface area contributed by atoms with Crippen LogP contribution in [0, 0.1) is 17.0 Å². The van der Waals surface area contributed by atoms with Crippen molar-refractivity contribution >= 4 is 11.4 Å². The Bertz CT molecular complexity index is 426. The molecule has 0 amide bonds. The van der Waals surface area contributed by atoms with E-state index < -0.39 is 0 Å². The van der Waals surface area contributed by atoms with Crippen LogP contribution in [0.2, 0.25) is 0 Å². The van der Waals surface area contributed by atoms with E-state index in [1.807, 2.05) is 6.92 Å². The maximum absolute atomic E-state index is 10.7. The third kappa shape index (κ3) is 2.55. The van der Waals surface area contributed by atoms with Gasteiger partial charge in [-0.3, -0.25) is 10.1 Å². The molecule has 0 bridgehead atoms. The zero-order valence-electron chi connectivity index (χ0n) is 9.80. The van der Waals surface area contributed by atoms with Gasteiger partial charge in [0, 0.05) is 30.9 Å². The number of hydrogen-bond donors (Lipinski definition) is 1. The molecular weight excluding hydrogens is 220 g/mol. The number of non-ortho nitro benzene ring substituents is 1. The average Bonchev–Trinajstić information content (AvgIpc) is 2.31. The van der Waals surface area contributed by atoms with Gasteiger partial charge in [-0.25, -0.2) is 0 Å². The zero-order valence-corrected chi connectivity index (χ0v) is 9.80. The Hall–Kier alpha value is -1.62. The molecular formula is C12H16N2O3. The third-order valence-electron chi connectivity index (χ3n) is 3.21. The van der Waals surface area contributed by atoms with Crippen LogP contribution < -0.4 is 4.90 Å². The summed E-state index contributed by atoms with van der Waals surface area (Å²) in [5.41, 5.74) is 2.06. The van der Waals surface area contributed by atoms with Crippen LogP contribution in [0.3, 0.4) is 0 Å². The van der Waals surface area contributed by atoms with Crippen LogP contribution in [-0.4, -0.2) is 29.2 Å². The summed E-state index contributed by atoms with van der Waals surface area (Å²) in [6, 6.07) is 4.92. The molecule has 92 valence electrons. The molecule has 0 aliphatic carbocycles. The van der Waals surface area contributed by atoms with Crippen LogP contribution in [-0.2, 0) is 0 Å². The van der Waals surface area contributed by atoms with Gasteiger partial charge in [-0.05, 0) is 25.3 Å². The highest BCUT2D eigenvalue weighted by molar-refractivity contribution is 5.58. The minimum atomic E-state index is -0.373. The van der Waals surface area contributed by atoms with Crippen molar-refractivity contribution in [2.75, 3.05) is 18.0 Å². The van der Waals surface area contributed by atoms with Gasteiger partial charge in [0.2, 0.25) is 0 Å². The second kappa shape index (κ2) is 4.71. The summed E-state index contributed by atoms with van der Waals surface area (Å²) in [6.07, 6.45) is 1.22. The minimum Gasteiger partial charge on any atom is -0.393 e. The first-order valence-corrected chi connectivity index (χ1v) is 5.76. The van der Waals surface area contributed by atoms with E-state index in [0.29, 0.717) is 0 Å². The first-order valence-electron chi connectivity index (χ1n) is 5.76. The second-order valence-corrected chi connectivity index (χ2v) is 4.45. The molecule has 1 aromatic rings. The van der Waals surface area contributed by atoms with Crippen LogP contribution in [0.5, 0.6) is 0 Å². The number of aliphatic hydroxyl groups excluding tert-OH is 1. The summed E-state index contributed by atoms with van der Waals surface area (Å²) in [5, 5.41) is 20.2. The largest absolute Gasteiger partial charge is 0.393 e. The molecule has 1 aliphatic rings. The summed E-state index contributed by atoms with van der Waals surface area (Å²) in [7, 11) is 0. The number of rotatable bonds is 2. The number of benzene rings is 1. The lowest BCUT2D eigenvalue weighted by Gasteiger charge is -2.32. The standard InChI is InChI=1S/C12H16N2O3/c1-9-2-3-10(14(16)17)8-12(9)13-6-4-11(15)5-7-13/h2-3,8,11,15H,4-7H2,1H3. The van der Waals surface area contributed by atoms with Gasteiger partial charge in [0.05, 0.1) is 11.0 Å². The van der Waals surface area contributed by atoms with Crippen LogP contribution in [0.1, 0.15) is 18.4 Å². The molecule has 0 spiro atoms. The Morgan fingerprint density at radius 2 is 2.06 bits per heavy atom. The molecule has 1 aliphatic heterocycles. The van der Waals surface area contributed by atoms with Crippen LogP contribution in [0.25, 0.3) is 0 Å². The predicted octanol–water partition coefficient (Wildman–Crippen LogP) is 1.86. The van der Waals surface area contributed by atoms with Gasteiger partial charge in [-0.2, -0.15) is 0 Å². The zero-order chi connectivity index (χ0) is 12.4. The Labute approximate surface area is 99.8 Å². The smallest absolute Gasteiger partial charge is 0.271 e. The normalized spacial score (nSPS) is 17.2. The highest BCUT2D eigenvalue weighted by atomic mass is 16.6. The molecule has 1 fully saturated rings. The number of hydrogen-bond acceptors (Lipinski definition) is 4. The number of nitrogens with zero attached hydrogens (tertiary/aromatic N) is 2. The molecule has 0 unspecified atom stereocenters. The van der Waals surface area contributed by atoms with Gasteiger partial charge in [-0.1, -0.05) is 6.07 Å². The van der Waals surface area contributed by atoms with E-state index in [-0.39, 0.29) is 16.7 Å². The monoisotopic (exact) mass is 236 g/mol. The molecule has 0 atom stereocenters. The molecule has 1 aromatic carbocycles. The van der Waals surface area contributed by atoms with Crippen molar-refractivity contribution in [1.29, 1.82) is 0 Å². The highest BCUT2D eigenvalue weighted by Crippen LogP contribution is 2.27. The van der Waals surface area contributed by atoms with Gasteiger partial charge < -0.3 is 10.0 Å². The third-order valence-corrected chi connectivity index (χ3v) is 3.21. The maximum Gasteiger partial charge on any atom is 0.271 e. The molecule has 5 heteroatoms. The van der Waals surface area contributed by atoms with Crippen molar-refractivity contribution in [2.45, 2.75) is 25.9 Å². The van der Waals surface area contributed by atoms with E-state index >= 15 is 0 Å². The summed E-state index contributed by atoms with van der Waals surface area (Å²) in [6.45, 7) is 3.45. The molecule has 1 N–H and O–H groups in total. The number of piperidine rings is 1. The number of aliphatic hydroxyl groups is 1. The fourth-order valence-corrected chi connectivity index (χ4v) is 2.16. The average molecular weight is 236 g/mol. The van der Waals surface area contributed by atoms with Crippen LogP contribution >= 0.6 is 0 Å². The van der Waals surface area contributed by atoms with Crippen molar-refractivity contribution in [3.05, 3.63) is 33.9 Å². The van der Waals surface area contributed by atoms with Crippen LogP contribution in [0.4, 0.5) is 11.4 Å². The van der Waals surface area contributed by atoms with E-state index in [0.717, 1.165) is 37.2 Å². The molecule has 1 heterocycles. The first kappa shape index (κ1) is 11.9. The molecule has 0 aromatic heterocycles. The molecule has 1 saturated heterocycles. The lowest BCUT2D eigenvalue weighted by Crippen LogP contribution is -2.36. The van der Waals surface area contributed by atoms with Gasteiger partial charge in [0.15, 0.2) is 0 Å². The van der Waals surface area contributed by atoms with E-state index in [9.17, 15) is 15.2 Å². The van der Waals surface area contributed by atoms with Gasteiger partial charge >= 0.3 is 0 Å². The number of nitro benzene ring substituents is 1. The van der Waals surface area contributed by atoms with E-state index in [4.69, 9.17) is 0 Å². The molecule has 0 radical (unpaired) electrons. The van der Waals surface area contributed by atoms with Gasteiger partial charge in [0.25, 0.3) is 5.69 Å². The Balaban J connectivity index is 2.25. The summed E-state index contributed by atoms with van der Waals surface area (Å²) in [4.78, 5) is 12.5. The van der Waals surface area contributed by atoms with E-state index in [1.165, 1.54) is 6.07 Å². The molecule has 0 saturated carbocycles. The number of anilines is 1.